The molecule has 0 fully saturated rings. The molecule has 2 aromatic heterocycles. The van der Waals surface area contributed by atoms with Crippen molar-refractivity contribution < 1.29 is 16.8 Å². The Morgan fingerprint density at radius 2 is 1.26 bits per heavy atom. The van der Waals surface area contributed by atoms with Gasteiger partial charge in [0, 0.05) is 13.1 Å². The van der Waals surface area contributed by atoms with Crippen molar-refractivity contribution >= 4 is 20.0 Å². The van der Waals surface area contributed by atoms with E-state index in [9.17, 15) is 16.8 Å². The number of H-pyrrole nitrogens is 2. The Bertz CT molecular complexity index is 944. The van der Waals surface area contributed by atoms with Gasteiger partial charge in [-0.2, -0.15) is 18.8 Å². The van der Waals surface area contributed by atoms with Crippen molar-refractivity contribution in [2.24, 2.45) is 0 Å². The monoisotopic (exact) mass is 414 g/mol. The minimum absolute atomic E-state index is 0.0728. The van der Waals surface area contributed by atoms with Gasteiger partial charge in [0.25, 0.3) is 0 Å². The quantitative estimate of drug-likeness (QED) is 0.661. The summed E-state index contributed by atoms with van der Waals surface area (Å²) < 4.78 is 53.1. The average Bonchev–Trinajstić information content (AvgIpc) is 3.29. The maximum absolute atomic E-state index is 12.6. The van der Waals surface area contributed by atoms with Crippen LogP contribution in [0.2, 0.25) is 0 Å². The van der Waals surface area contributed by atoms with Gasteiger partial charge in [-0.25, -0.2) is 16.8 Å². The molecule has 4 heterocycles. The first-order valence-electron chi connectivity index (χ1n) is 8.83. The average molecular weight is 415 g/mol. The molecular weight excluding hydrogens is 392 g/mol. The summed E-state index contributed by atoms with van der Waals surface area (Å²) in [4.78, 5) is 0. The molecular formula is C15H22N6O4S2. The predicted octanol–water partition coefficient (Wildman–Crippen LogP) is -0.401. The van der Waals surface area contributed by atoms with Gasteiger partial charge in [0.1, 0.15) is 0 Å². The van der Waals surface area contributed by atoms with E-state index in [1.807, 2.05) is 0 Å². The fourth-order valence-electron chi connectivity index (χ4n) is 3.54. The Morgan fingerprint density at radius 1 is 0.815 bits per heavy atom. The number of hydrogen-bond donors (Lipinski definition) is 2. The molecule has 4 rings (SSSR count). The summed E-state index contributed by atoms with van der Waals surface area (Å²) in [6.07, 6.45) is 4.74. The first kappa shape index (κ1) is 18.6. The molecule has 0 bridgehead atoms. The van der Waals surface area contributed by atoms with E-state index in [2.05, 4.69) is 20.4 Å². The number of nitrogens with zero attached hydrogens (tertiary/aromatic N) is 4. The van der Waals surface area contributed by atoms with Gasteiger partial charge >= 0.3 is 0 Å². The molecule has 27 heavy (non-hydrogen) atoms. The van der Waals surface area contributed by atoms with E-state index < -0.39 is 20.0 Å². The van der Waals surface area contributed by atoms with Crippen LogP contribution in [0.15, 0.2) is 12.4 Å². The Balaban J connectivity index is 1.34. The van der Waals surface area contributed by atoms with E-state index in [0.29, 0.717) is 25.9 Å². The molecule has 0 spiro atoms. The van der Waals surface area contributed by atoms with Gasteiger partial charge < -0.3 is 0 Å². The standard InChI is InChI=1S/C15H22N6O4S2/c22-26(23,20-4-2-12-8-16-18-14(12)10-20)6-1-7-27(24,25)21-5-3-13-9-17-19-15(13)11-21/h8-9H,1-7,10-11H2,(H,16,18)(H,17,19). The molecule has 2 N–H and O–H groups in total. The molecule has 2 aromatic rings. The highest BCUT2D eigenvalue weighted by molar-refractivity contribution is 7.90. The van der Waals surface area contributed by atoms with E-state index in [1.54, 1.807) is 12.4 Å². The Kier molecular flexibility index (Phi) is 4.82. The van der Waals surface area contributed by atoms with Crippen LogP contribution in [-0.2, 0) is 46.0 Å². The van der Waals surface area contributed by atoms with Crippen molar-refractivity contribution in [2.75, 3.05) is 24.6 Å². The summed E-state index contributed by atoms with van der Waals surface area (Å²) in [5, 5.41) is 13.5. The van der Waals surface area contributed by atoms with Gasteiger partial charge in [-0.1, -0.05) is 0 Å². The van der Waals surface area contributed by atoms with Crippen LogP contribution < -0.4 is 0 Å². The van der Waals surface area contributed by atoms with Crippen molar-refractivity contribution in [3.8, 4) is 0 Å². The van der Waals surface area contributed by atoms with Crippen LogP contribution in [0.3, 0.4) is 0 Å². The molecule has 0 amide bonds. The van der Waals surface area contributed by atoms with E-state index in [-0.39, 0.29) is 31.0 Å². The second-order valence-electron chi connectivity index (χ2n) is 6.90. The zero-order valence-electron chi connectivity index (χ0n) is 14.8. The number of aromatic nitrogens is 4. The van der Waals surface area contributed by atoms with E-state index in [1.165, 1.54) is 8.61 Å². The topological polar surface area (TPSA) is 132 Å². The minimum Gasteiger partial charge on any atom is -0.281 e. The molecule has 0 atom stereocenters. The number of rotatable bonds is 6. The number of aromatic amines is 2. The Morgan fingerprint density at radius 3 is 1.70 bits per heavy atom. The molecule has 10 nitrogen and oxygen atoms in total. The van der Waals surface area contributed by atoms with Gasteiger partial charge in [-0.15, -0.1) is 0 Å². The maximum atomic E-state index is 12.6. The van der Waals surface area contributed by atoms with Crippen molar-refractivity contribution in [3.63, 3.8) is 0 Å². The zero-order chi connectivity index (χ0) is 19.1. The lowest BCUT2D eigenvalue weighted by Crippen LogP contribution is -2.39. The van der Waals surface area contributed by atoms with Crippen LogP contribution in [0.1, 0.15) is 28.9 Å². The molecule has 0 saturated carbocycles. The lowest BCUT2D eigenvalue weighted by Gasteiger charge is -2.27. The summed E-state index contributed by atoms with van der Waals surface area (Å²) in [5.74, 6) is -0.363. The fourth-order valence-corrected chi connectivity index (χ4v) is 6.65. The third-order valence-corrected chi connectivity index (χ3v) is 8.94. The second-order valence-corrected chi connectivity index (χ2v) is 11.1. The highest BCUT2D eigenvalue weighted by atomic mass is 32.2. The normalized spacial score (nSPS) is 19.0. The highest BCUT2D eigenvalue weighted by Crippen LogP contribution is 2.21. The lowest BCUT2D eigenvalue weighted by atomic mass is 10.1. The van der Waals surface area contributed by atoms with Crippen LogP contribution in [0.25, 0.3) is 0 Å². The smallest absolute Gasteiger partial charge is 0.214 e. The number of nitrogens with one attached hydrogen (secondary N) is 2. The van der Waals surface area contributed by atoms with E-state index >= 15 is 0 Å². The third-order valence-electron chi connectivity index (χ3n) is 5.14. The molecule has 0 aliphatic carbocycles. The van der Waals surface area contributed by atoms with Crippen LogP contribution >= 0.6 is 0 Å². The molecule has 12 heteroatoms. The largest absolute Gasteiger partial charge is 0.281 e. The Hall–Kier alpha value is -1.76. The van der Waals surface area contributed by atoms with Crippen LogP contribution in [0, 0.1) is 0 Å². The number of hydrogen-bond acceptors (Lipinski definition) is 6. The summed E-state index contributed by atoms with van der Waals surface area (Å²) >= 11 is 0. The summed E-state index contributed by atoms with van der Waals surface area (Å²) in [5.41, 5.74) is 3.68. The van der Waals surface area contributed by atoms with Crippen LogP contribution in [0.4, 0.5) is 0 Å². The second kappa shape index (κ2) is 7.00. The number of fused-ring (bicyclic) bond motifs is 2. The molecule has 2 aliphatic heterocycles. The molecule has 0 aromatic carbocycles. The van der Waals surface area contributed by atoms with E-state index in [4.69, 9.17) is 0 Å². The molecule has 148 valence electrons. The molecule has 0 radical (unpaired) electrons. The van der Waals surface area contributed by atoms with Crippen molar-refractivity contribution in [1.29, 1.82) is 0 Å². The molecule has 0 unspecified atom stereocenters. The highest BCUT2D eigenvalue weighted by Gasteiger charge is 2.30. The minimum atomic E-state index is -3.51. The fraction of sp³-hybridized carbons (Fsp3) is 0.600. The zero-order valence-corrected chi connectivity index (χ0v) is 16.4. The first-order valence-corrected chi connectivity index (χ1v) is 12.0. The Labute approximate surface area is 158 Å². The van der Waals surface area contributed by atoms with Crippen molar-refractivity contribution in [1.82, 2.24) is 29.0 Å². The summed E-state index contributed by atoms with van der Waals surface area (Å²) in [7, 11) is -7.02. The number of sulfonamides is 2. The maximum Gasteiger partial charge on any atom is 0.214 e. The lowest BCUT2D eigenvalue weighted by molar-refractivity contribution is 0.383. The van der Waals surface area contributed by atoms with Crippen LogP contribution in [-0.4, -0.2) is 70.4 Å². The van der Waals surface area contributed by atoms with Gasteiger partial charge in [-0.3, -0.25) is 10.2 Å². The third kappa shape index (κ3) is 3.79. The summed E-state index contributed by atoms with van der Waals surface area (Å²) in [6, 6.07) is 0. The van der Waals surface area contributed by atoms with Crippen molar-refractivity contribution in [2.45, 2.75) is 32.4 Å². The van der Waals surface area contributed by atoms with E-state index in [0.717, 1.165) is 22.5 Å². The molecule has 2 aliphatic rings. The van der Waals surface area contributed by atoms with Crippen LogP contribution in [0.5, 0.6) is 0 Å². The van der Waals surface area contributed by atoms with Gasteiger partial charge in [0.15, 0.2) is 0 Å². The van der Waals surface area contributed by atoms with Gasteiger partial charge in [0.05, 0.1) is 48.4 Å². The van der Waals surface area contributed by atoms with Crippen molar-refractivity contribution in [3.05, 3.63) is 34.9 Å². The van der Waals surface area contributed by atoms with Gasteiger partial charge in [-0.05, 0) is 30.4 Å². The SMILES string of the molecule is O=S(=O)(CCCS(=O)(=O)N1CCc2cn[nH]c2C1)N1CCc2cn[nH]c2C1. The van der Waals surface area contributed by atoms with Gasteiger partial charge in [0.2, 0.25) is 20.0 Å². The summed E-state index contributed by atoms with van der Waals surface area (Å²) in [6.45, 7) is 1.32. The molecule has 0 saturated heterocycles. The predicted molar refractivity (Wildman–Crippen MR) is 97.6 cm³/mol. The first-order chi connectivity index (χ1) is 12.9.